The predicted octanol–water partition coefficient (Wildman–Crippen LogP) is 2.55. The minimum absolute atomic E-state index is 0.0544. The van der Waals surface area contributed by atoms with E-state index in [1.54, 1.807) is 6.20 Å². The molecule has 0 fully saturated rings. The number of carbonyl (C=O) groups excluding carboxylic acids is 1. The molecule has 3 heteroatoms. The van der Waals surface area contributed by atoms with Crippen LogP contribution in [0.15, 0.2) is 42.6 Å². The van der Waals surface area contributed by atoms with E-state index in [1.165, 1.54) is 11.1 Å². The number of fused-ring (bicyclic) bond motifs is 1. The molecule has 0 atom stereocenters. The first kappa shape index (κ1) is 11.0. The summed E-state index contributed by atoms with van der Waals surface area (Å²) in [7, 11) is 0. The number of carbonyl (C=O) groups is 1. The van der Waals surface area contributed by atoms with Gasteiger partial charge in [-0.05, 0) is 30.2 Å². The second kappa shape index (κ2) is 4.26. The quantitative estimate of drug-likeness (QED) is 0.765. The zero-order valence-electron chi connectivity index (χ0n) is 10.3. The SMILES string of the molecule is Cc1ccc(C(=O)N2Cc3ccccc3C2)cn1. The van der Waals surface area contributed by atoms with Crippen LogP contribution < -0.4 is 0 Å². The van der Waals surface area contributed by atoms with Gasteiger partial charge in [0, 0.05) is 25.0 Å². The Kier molecular flexibility index (Phi) is 2.59. The van der Waals surface area contributed by atoms with Crippen LogP contribution >= 0.6 is 0 Å². The van der Waals surface area contributed by atoms with Gasteiger partial charge in [0.1, 0.15) is 0 Å². The van der Waals surface area contributed by atoms with E-state index in [0.29, 0.717) is 18.7 Å². The molecule has 0 radical (unpaired) electrons. The van der Waals surface area contributed by atoms with Gasteiger partial charge in [0.25, 0.3) is 5.91 Å². The number of hydrogen-bond acceptors (Lipinski definition) is 2. The van der Waals surface area contributed by atoms with Gasteiger partial charge in [0.05, 0.1) is 5.56 Å². The lowest BCUT2D eigenvalue weighted by molar-refractivity contribution is 0.0751. The third kappa shape index (κ3) is 1.88. The van der Waals surface area contributed by atoms with Gasteiger partial charge >= 0.3 is 0 Å². The Morgan fingerprint density at radius 3 is 2.33 bits per heavy atom. The zero-order valence-corrected chi connectivity index (χ0v) is 10.3. The molecule has 0 bridgehead atoms. The van der Waals surface area contributed by atoms with Gasteiger partial charge in [-0.15, -0.1) is 0 Å². The van der Waals surface area contributed by atoms with Crippen molar-refractivity contribution >= 4 is 5.91 Å². The summed E-state index contributed by atoms with van der Waals surface area (Å²) in [5.41, 5.74) is 4.07. The molecule has 1 aromatic heterocycles. The van der Waals surface area contributed by atoms with Crippen LogP contribution in [-0.2, 0) is 13.1 Å². The summed E-state index contributed by atoms with van der Waals surface area (Å²) in [4.78, 5) is 18.3. The van der Waals surface area contributed by atoms with E-state index in [4.69, 9.17) is 0 Å². The van der Waals surface area contributed by atoms with Gasteiger partial charge in [-0.3, -0.25) is 9.78 Å². The lowest BCUT2D eigenvalue weighted by Crippen LogP contribution is -2.25. The lowest BCUT2D eigenvalue weighted by atomic mass is 10.1. The first-order valence-electron chi connectivity index (χ1n) is 6.03. The molecule has 1 amide bonds. The van der Waals surface area contributed by atoms with Gasteiger partial charge in [-0.2, -0.15) is 0 Å². The summed E-state index contributed by atoms with van der Waals surface area (Å²) in [5.74, 6) is 0.0544. The average Bonchev–Trinajstić information content (AvgIpc) is 2.82. The highest BCUT2D eigenvalue weighted by Crippen LogP contribution is 2.23. The highest BCUT2D eigenvalue weighted by atomic mass is 16.2. The first-order valence-corrected chi connectivity index (χ1v) is 6.03. The van der Waals surface area contributed by atoms with E-state index in [0.717, 1.165) is 5.69 Å². The molecule has 18 heavy (non-hydrogen) atoms. The van der Waals surface area contributed by atoms with Gasteiger partial charge in [0.15, 0.2) is 0 Å². The predicted molar refractivity (Wildman–Crippen MR) is 69.0 cm³/mol. The summed E-state index contributed by atoms with van der Waals surface area (Å²) < 4.78 is 0. The van der Waals surface area contributed by atoms with Crippen LogP contribution in [0.1, 0.15) is 27.2 Å². The Morgan fingerprint density at radius 2 is 1.78 bits per heavy atom. The van der Waals surface area contributed by atoms with Crippen molar-refractivity contribution in [3.8, 4) is 0 Å². The van der Waals surface area contributed by atoms with Gasteiger partial charge in [0.2, 0.25) is 0 Å². The Bertz CT molecular complexity index is 565. The number of pyridine rings is 1. The Morgan fingerprint density at radius 1 is 1.11 bits per heavy atom. The van der Waals surface area contributed by atoms with Crippen molar-refractivity contribution in [1.82, 2.24) is 9.88 Å². The van der Waals surface area contributed by atoms with Crippen molar-refractivity contribution in [3.05, 3.63) is 65.0 Å². The van der Waals surface area contributed by atoms with E-state index in [1.807, 2.05) is 36.1 Å². The monoisotopic (exact) mass is 238 g/mol. The highest BCUT2D eigenvalue weighted by Gasteiger charge is 2.23. The zero-order chi connectivity index (χ0) is 12.5. The van der Waals surface area contributed by atoms with Crippen LogP contribution in [0, 0.1) is 6.92 Å². The maximum absolute atomic E-state index is 12.3. The van der Waals surface area contributed by atoms with Crippen molar-refractivity contribution in [2.75, 3.05) is 0 Å². The van der Waals surface area contributed by atoms with Gasteiger partial charge in [-0.1, -0.05) is 24.3 Å². The normalized spacial score (nSPS) is 13.5. The number of nitrogens with zero attached hydrogens (tertiary/aromatic N) is 2. The Balaban J connectivity index is 1.82. The molecule has 1 aromatic carbocycles. The number of rotatable bonds is 1. The van der Waals surface area contributed by atoms with Crippen molar-refractivity contribution < 1.29 is 4.79 Å². The van der Waals surface area contributed by atoms with Crippen molar-refractivity contribution in [3.63, 3.8) is 0 Å². The molecule has 0 aliphatic carbocycles. The third-order valence-electron chi connectivity index (χ3n) is 3.29. The van der Waals surface area contributed by atoms with Crippen LogP contribution in [0.5, 0.6) is 0 Å². The maximum atomic E-state index is 12.3. The molecule has 1 aliphatic heterocycles. The van der Waals surface area contributed by atoms with E-state index in [2.05, 4.69) is 17.1 Å². The summed E-state index contributed by atoms with van der Waals surface area (Å²) >= 11 is 0. The molecular weight excluding hydrogens is 224 g/mol. The number of aromatic nitrogens is 1. The summed E-state index contributed by atoms with van der Waals surface area (Å²) in [6, 6.07) is 11.9. The van der Waals surface area contributed by atoms with Crippen LogP contribution in [-0.4, -0.2) is 15.8 Å². The average molecular weight is 238 g/mol. The number of aryl methyl sites for hydroxylation is 1. The minimum atomic E-state index is 0.0544. The van der Waals surface area contributed by atoms with Crippen LogP contribution in [0.3, 0.4) is 0 Å². The molecule has 0 saturated heterocycles. The largest absolute Gasteiger partial charge is 0.330 e. The maximum Gasteiger partial charge on any atom is 0.256 e. The molecule has 0 spiro atoms. The molecule has 1 aliphatic rings. The topological polar surface area (TPSA) is 33.2 Å². The molecule has 90 valence electrons. The molecule has 3 nitrogen and oxygen atoms in total. The second-order valence-corrected chi connectivity index (χ2v) is 4.62. The fourth-order valence-corrected chi connectivity index (χ4v) is 2.25. The second-order valence-electron chi connectivity index (χ2n) is 4.62. The fourth-order valence-electron chi connectivity index (χ4n) is 2.25. The smallest absolute Gasteiger partial charge is 0.256 e. The molecule has 0 saturated carbocycles. The molecule has 0 unspecified atom stereocenters. The van der Waals surface area contributed by atoms with Crippen molar-refractivity contribution in [1.29, 1.82) is 0 Å². The first-order chi connectivity index (χ1) is 8.74. The van der Waals surface area contributed by atoms with Crippen LogP contribution in [0.4, 0.5) is 0 Å². The summed E-state index contributed by atoms with van der Waals surface area (Å²) in [5, 5.41) is 0. The fraction of sp³-hybridized carbons (Fsp3) is 0.200. The standard InChI is InChI=1S/C15H14N2O/c1-11-6-7-12(8-16-11)15(18)17-9-13-4-2-3-5-14(13)10-17/h2-8H,9-10H2,1H3. The Labute approximate surface area is 106 Å². The molecular formula is C15H14N2O. The Hall–Kier alpha value is -2.16. The number of amides is 1. The van der Waals surface area contributed by atoms with E-state index >= 15 is 0 Å². The third-order valence-corrected chi connectivity index (χ3v) is 3.29. The summed E-state index contributed by atoms with van der Waals surface area (Å²) in [6.45, 7) is 3.31. The van der Waals surface area contributed by atoms with E-state index in [-0.39, 0.29) is 5.91 Å². The molecule has 2 aromatic rings. The number of benzene rings is 1. The van der Waals surface area contributed by atoms with E-state index in [9.17, 15) is 4.79 Å². The summed E-state index contributed by atoms with van der Waals surface area (Å²) in [6.07, 6.45) is 1.65. The molecule has 2 heterocycles. The van der Waals surface area contributed by atoms with Crippen molar-refractivity contribution in [2.24, 2.45) is 0 Å². The lowest BCUT2D eigenvalue weighted by Gasteiger charge is -2.15. The minimum Gasteiger partial charge on any atom is -0.330 e. The van der Waals surface area contributed by atoms with E-state index < -0.39 is 0 Å². The van der Waals surface area contributed by atoms with Crippen molar-refractivity contribution in [2.45, 2.75) is 20.0 Å². The van der Waals surface area contributed by atoms with Gasteiger partial charge < -0.3 is 4.90 Å². The van der Waals surface area contributed by atoms with Crippen LogP contribution in [0.25, 0.3) is 0 Å². The van der Waals surface area contributed by atoms with Gasteiger partial charge in [-0.25, -0.2) is 0 Å². The molecule has 3 rings (SSSR count). The molecule has 0 N–H and O–H groups in total. The van der Waals surface area contributed by atoms with Crippen LogP contribution in [0.2, 0.25) is 0 Å². The highest BCUT2D eigenvalue weighted by molar-refractivity contribution is 5.94. The number of hydrogen-bond donors (Lipinski definition) is 0.